The van der Waals surface area contributed by atoms with Crippen LogP contribution in [0.15, 0.2) is 11.6 Å². The van der Waals surface area contributed by atoms with E-state index < -0.39 is 10.2 Å². The minimum absolute atomic E-state index is 0.318. The van der Waals surface area contributed by atoms with E-state index in [4.69, 9.17) is 18.6 Å². The summed E-state index contributed by atoms with van der Waals surface area (Å²) in [5, 5.41) is 0. The van der Waals surface area contributed by atoms with E-state index in [-0.39, 0.29) is 0 Å². The van der Waals surface area contributed by atoms with Crippen LogP contribution in [0.3, 0.4) is 0 Å². The maximum atomic E-state index is 12.1. The molecule has 2 aliphatic heterocycles. The van der Waals surface area contributed by atoms with Crippen LogP contribution >= 0.6 is 0 Å². The van der Waals surface area contributed by atoms with Crippen LogP contribution in [-0.2, 0) is 4.79 Å². The predicted molar refractivity (Wildman–Crippen MR) is 117 cm³/mol. The molecule has 0 radical (unpaired) electrons. The smallest absolute Gasteiger partial charge is 0.157 e. The van der Waals surface area contributed by atoms with Gasteiger partial charge in [-0.25, -0.2) is 23.2 Å². The van der Waals surface area contributed by atoms with Gasteiger partial charge in [-0.2, -0.15) is 0 Å². The van der Waals surface area contributed by atoms with Gasteiger partial charge >= 0.3 is 0 Å². The molecule has 0 aromatic heterocycles. The van der Waals surface area contributed by atoms with E-state index in [1.54, 1.807) is 0 Å². The Hall–Kier alpha value is -0.790. The van der Waals surface area contributed by atoms with Crippen molar-refractivity contribution in [3.8, 4) is 0 Å². The van der Waals surface area contributed by atoms with Gasteiger partial charge in [-0.15, -0.1) is 10.2 Å². The molecule has 2 unspecified atom stereocenters. The number of carbonyl (C=O) groups excluding carboxylic acids is 1. The molecule has 0 bridgehead atoms. The van der Waals surface area contributed by atoms with Crippen molar-refractivity contribution in [2.45, 2.75) is 91.5 Å². The van der Waals surface area contributed by atoms with Crippen LogP contribution in [-0.4, -0.2) is 28.7 Å². The molecule has 34 heavy (non-hydrogen) atoms. The SMILES string of the molecule is C[C@H]1CCC2=[N+](C1)C1C[C@H]3[C@@H]4CCC5=CC(=O)CC[C@]5(C)[C@H]4CC[C@]3(C)C1[C@@H]2C.[O-][Cl+3]([O-])([O-])[O-]. The predicted octanol–water partition coefficient (Wildman–Crippen LogP) is 0.890. The molecular weight excluding hydrogens is 454 g/mol. The Kier molecular flexibility index (Phi) is 6.13. The van der Waals surface area contributed by atoms with Crippen LogP contribution in [0.25, 0.3) is 0 Å². The van der Waals surface area contributed by atoms with E-state index in [0.717, 1.165) is 54.4 Å². The molecule has 190 valence electrons. The molecule has 3 fully saturated rings. The minimum atomic E-state index is -4.94. The van der Waals surface area contributed by atoms with Gasteiger partial charge in [0.1, 0.15) is 6.54 Å². The maximum Gasteiger partial charge on any atom is 0.157 e. The normalized spacial score (nSPS) is 47.5. The number of rotatable bonds is 0. The third-order valence-corrected chi connectivity index (χ3v) is 11.3. The highest BCUT2D eigenvalue weighted by Gasteiger charge is 2.68. The highest BCUT2D eigenvalue weighted by atomic mass is 35.7. The highest BCUT2D eigenvalue weighted by molar-refractivity contribution is 5.91. The van der Waals surface area contributed by atoms with Gasteiger partial charge < -0.3 is 0 Å². The van der Waals surface area contributed by atoms with Crippen molar-refractivity contribution < 1.29 is 38.2 Å². The van der Waals surface area contributed by atoms with Crippen molar-refractivity contribution in [1.82, 2.24) is 0 Å². The summed E-state index contributed by atoms with van der Waals surface area (Å²) in [6, 6.07) is 0.828. The topological polar surface area (TPSA) is 112 Å². The van der Waals surface area contributed by atoms with Crippen molar-refractivity contribution in [2.75, 3.05) is 6.54 Å². The zero-order valence-electron chi connectivity index (χ0n) is 21.1. The van der Waals surface area contributed by atoms with Crippen molar-refractivity contribution in [2.24, 2.45) is 46.3 Å². The van der Waals surface area contributed by atoms with Gasteiger partial charge in [0, 0.05) is 37.0 Å². The maximum absolute atomic E-state index is 12.1. The van der Waals surface area contributed by atoms with Crippen molar-refractivity contribution in [1.29, 1.82) is 0 Å². The molecule has 0 spiro atoms. The average Bonchev–Trinajstić information content (AvgIpc) is 3.19. The molecule has 6 rings (SSSR count). The van der Waals surface area contributed by atoms with Gasteiger partial charge in [0.2, 0.25) is 0 Å². The lowest BCUT2D eigenvalue weighted by atomic mass is 9.46. The van der Waals surface area contributed by atoms with Gasteiger partial charge in [-0.1, -0.05) is 33.3 Å². The first kappa shape index (κ1) is 24.9. The van der Waals surface area contributed by atoms with Crippen LogP contribution in [0.4, 0.5) is 0 Å². The second-order valence-electron chi connectivity index (χ2n) is 12.8. The van der Waals surface area contributed by atoms with Crippen molar-refractivity contribution in [3.63, 3.8) is 0 Å². The number of fused-ring (bicyclic) bond motifs is 8. The number of halogens is 1. The van der Waals surface area contributed by atoms with Gasteiger partial charge in [0.15, 0.2) is 17.5 Å². The average molecular weight is 494 g/mol. The van der Waals surface area contributed by atoms with Gasteiger partial charge in [-0.05, 0) is 73.2 Å². The molecule has 9 atom stereocenters. The van der Waals surface area contributed by atoms with Crippen LogP contribution < -0.4 is 18.6 Å². The lowest BCUT2D eigenvalue weighted by Gasteiger charge is -2.58. The second kappa shape index (κ2) is 8.37. The molecule has 7 heteroatoms. The minimum Gasteiger partial charge on any atom is -0.295 e. The molecule has 0 N–H and O–H groups in total. The van der Waals surface area contributed by atoms with Crippen LogP contribution in [0.1, 0.15) is 85.5 Å². The highest BCUT2D eigenvalue weighted by Crippen LogP contribution is 2.68. The molecule has 0 saturated heterocycles. The Balaban J connectivity index is 0.000000439. The van der Waals surface area contributed by atoms with Crippen LogP contribution in [0.5, 0.6) is 0 Å². The van der Waals surface area contributed by atoms with E-state index in [9.17, 15) is 4.79 Å². The summed E-state index contributed by atoms with van der Waals surface area (Å²) >= 11 is 0. The second-order valence-corrected chi connectivity index (χ2v) is 13.6. The Morgan fingerprint density at radius 3 is 2.38 bits per heavy atom. The largest absolute Gasteiger partial charge is 0.295 e. The summed E-state index contributed by atoms with van der Waals surface area (Å²) in [5.74, 6) is 5.59. The molecule has 6 nitrogen and oxygen atoms in total. The van der Waals surface area contributed by atoms with Crippen molar-refractivity contribution in [3.05, 3.63) is 11.6 Å². The van der Waals surface area contributed by atoms with Crippen molar-refractivity contribution >= 4 is 11.5 Å². The Labute approximate surface area is 205 Å². The van der Waals surface area contributed by atoms with Crippen LogP contribution in [0, 0.1) is 56.6 Å². The summed E-state index contributed by atoms with van der Waals surface area (Å²) in [4.78, 5) is 12.1. The summed E-state index contributed by atoms with van der Waals surface area (Å²) < 4.78 is 36.9. The Bertz CT molecular complexity index is 918. The molecule has 0 aromatic carbocycles. The van der Waals surface area contributed by atoms with Crippen LogP contribution in [0.2, 0.25) is 0 Å². The quantitative estimate of drug-likeness (QED) is 0.465. The number of hydrogen-bond donors (Lipinski definition) is 0. The summed E-state index contributed by atoms with van der Waals surface area (Å²) in [6.45, 7) is 11.6. The van der Waals surface area contributed by atoms with E-state index in [1.165, 1.54) is 57.1 Å². The fourth-order valence-electron chi connectivity index (χ4n) is 9.96. The molecule has 0 amide bonds. The van der Waals surface area contributed by atoms with E-state index in [0.29, 0.717) is 16.6 Å². The lowest BCUT2D eigenvalue weighted by Crippen LogP contribution is -2.68. The molecule has 2 heterocycles. The number of ketones is 1. The van der Waals surface area contributed by atoms with Gasteiger partial charge in [0.25, 0.3) is 0 Å². The zero-order chi connectivity index (χ0) is 24.6. The van der Waals surface area contributed by atoms with E-state index in [2.05, 4.69) is 38.3 Å². The number of allylic oxidation sites excluding steroid dienone is 1. The first-order valence-corrected chi connectivity index (χ1v) is 14.5. The fourth-order valence-corrected chi connectivity index (χ4v) is 9.96. The monoisotopic (exact) mass is 493 g/mol. The summed E-state index contributed by atoms with van der Waals surface area (Å²) in [5.41, 5.74) is 4.20. The number of carbonyl (C=O) groups is 1. The Morgan fingerprint density at radius 1 is 0.971 bits per heavy atom. The first-order chi connectivity index (χ1) is 15.8. The zero-order valence-corrected chi connectivity index (χ0v) is 21.8. The third-order valence-electron chi connectivity index (χ3n) is 11.3. The Morgan fingerprint density at radius 2 is 1.68 bits per heavy atom. The van der Waals surface area contributed by atoms with E-state index in [1.807, 2.05) is 5.71 Å². The fraction of sp³-hybridized carbons (Fsp3) is 0.852. The third kappa shape index (κ3) is 3.92. The van der Waals surface area contributed by atoms with E-state index >= 15 is 0 Å². The molecule has 3 saturated carbocycles. The summed E-state index contributed by atoms with van der Waals surface area (Å²) in [7, 11) is -4.94. The lowest BCUT2D eigenvalue weighted by molar-refractivity contribution is -2.00. The molecule has 0 aromatic rings. The number of hydrogen-bond acceptors (Lipinski definition) is 5. The molecule has 6 aliphatic rings. The molecule has 4 aliphatic carbocycles. The standard InChI is InChI=1S/C27H40NO.ClHO4/c1-16-5-8-23-17(2)25-24(28(23)15-16)14-22-20-7-6-18-13-19(29)9-11-26(18,3)21(20)10-12-27(22,25)4;2-1(3,4)5/h13,16-17,20-22,24-25H,5-12,14-15H2,1-4H3;(H,2,3,4,5)/q+1;/p-1/t16-,17+,20+,21-,22-,24?,25?,26-,27-;/m0./s1. The number of nitrogens with zero attached hydrogens (tertiary/aromatic N) is 1. The summed E-state index contributed by atoms with van der Waals surface area (Å²) in [6.07, 6.45) is 13.6. The molecular formula is C27H40ClNO5. The first-order valence-electron chi connectivity index (χ1n) is 13.3. The van der Waals surface area contributed by atoms with Gasteiger partial charge in [-0.3, -0.25) is 4.79 Å². The van der Waals surface area contributed by atoms with Gasteiger partial charge in [0.05, 0.1) is 0 Å².